The van der Waals surface area contributed by atoms with Gasteiger partial charge < -0.3 is 10.2 Å². The van der Waals surface area contributed by atoms with Crippen molar-refractivity contribution in [1.82, 2.24) is 14.8 Å². The SMILES string of the molecule is Cl.Cl.Cl.O=C(c1cccc2c1CCCN2)N1CCN(Cc2ccccn2)CC1. The standard InChI is InChI=1S/C20H24N4O.3ClH/c25-20(18-6-3-8-19-17(18)7-4-10-22-19)24-13-11-23(12-14-24)15-16-5-1-2-9-21-16;;;/h1-3,5-6,8-9,22H,4,7,10-15H2;3*1H. The molecule has 0 radical (unpaired) electrons. The third-order valence-corrected chi connectivity index (χ3v) is 5.10. The van der Waals surface area contributed by atoms with Gasteiger partial charge in [-0.05, 0) is 42.7 Å². The molecule has 0 spiro atoms. The smallest absolute Gasteiger partial charge is 0.254 e. The molecule has 28 heavy (non-hydrogen) atoms. The van der Waals surface area contributed by atoms with Crippen molar-refractivity contribution >= 4 is 48.8 Å². The maximum absolute atomic E-state index is 13.0. The molecule has 4 rings (SSSR count). The fourth-order valence-corrected chi connectivity index (χ4v) is 3.71. The van der Waals surface area contributed by atoms with E-state index in [-0.39, 0.29) is 43.1 Å². The Hall–Kier alpha value is -1.53. The molecule has 0 saturated carbocycles. The summed E-state index contributed by atoms with van der Waals surface area (Å²) < 4.78 is 0. The van der Waals surface area contributed by atoms with E-state index >= 15 is 0 Å². The highest BCUT2D eigenvalue weighted by Gasteiger charge is 2.25. The van der Waals surface area contributed by atoms with Gasteiger partial charge in [0.25, 0.3) is 5.91 Å². The summed E-state index contributed by atoms with van der Waals surface area (Å²) in [6, 6.07) is 12.1. The molecule has 0 atom stereocenters. The Kier molecular flexibility index (Phi) is 10.0. The quantitative estimate of drug-likeness (QED) is 0.783. The second-order valence-electron chi connectivity index (χ2n) is 6.75. The maximum Gasteiger partial charge on any atom is 0.254 e. The molecule has 0 unspecified atom stereocenters. The van der Waals surface area contributed by atoms with E-state index in [0.29, 0.717) is 0 Å². The average Bonchev–Trinajstić information content (AvgIpc) is 2.68. The Morgan fingerprint density at radius 1 is 1.00 bits per heavy atom. The summed E-state index contributed by atoms with van der Waals surface area (Å²) in [7, 11) is 0. The van der Waals surface area contributed by atoms with Gasteiger partial charge in [-0.25, -0.2) is 0 Å². The zero-order valence-electron chi connectivity index (χ0n) is 15.7. The molecule has 154 valence electrons. The molecule has 1 aromatic carbocycles. The minimum Gasteiger partial charge on any atom is -0.385 e. The Labute approximate surface area is 185 Å². The number of halogens is 3. The maximum atomic E-state index is 13.0. The van der Waals surface area contributed by atoms with Crippen molar-refractivity contribution in [3.8, 4) is 0 Å². The van der Waals surface area contributed by atoms with Crippen LogP contribution in [0.15, 0.2) is 42.6 Å². The molecule has 3 heterocycles. The number of nitrogens with one attached hydrogen (secondary N) is 1. The first-order valence-electron chi connectivity index (χ1n) is 9.08. The number of piperazine rings is 1. The number of pyridine rings is 1. The van der Waals surface area contributed by atoms with Crippen LogP contribution in [0.25, 0.3) is 0 Å². The van der Waals surface area contributed by atoms with Gasteiger partial charge in [-0.3, -0.25) is 14.7 Å². The zero-order chi connectivity index (χ0) is 17.1. The van der Waals surface area contributed by atoms with E-state index in [1.165, 1.54) is 5.56 Å². The molecule has 0 aliphatic carbocycles. The van der Waals surface area contributed by atoms with Crippen LogP contribution in [0.5, 0.6) is 0 Å². The van der Waals surface area contributed by atoms with Gasteiger partial charge in [-0.15, -0.1) is 37.2 Å². The van der Waals surface area contributed by atoms with Crippen LogP contribution >= 0.6 is 37.2 Å². The van der Waals surface area contributed by atoms with Crippen LogP contribution in [-0.2, 0) is 13.0 Å². The molecule has 2 aromatic rings. The van der Waals surface area contributed by atoms with Crippen molar-refractivity contribution in [2.75, 3.05) is 38.0 Å². The molecule has 0 bridgehead atoms. The number of nitrogens with zero attached hydrogens (tertiary/aromatic N) is 3. The number of carbonyl (C=O) groups is 1. The van der Waals surface area contributed by atoms with Crippen LogP contribution < -0.4 is 5.32 Å². The van der Waals surface area contributed by atoms with Crippen molar-refractivity contribution in [3.05, 3.63) is 59.4 Å². The summed E-state index contributed by atoms with van der Waals surface area (Å²) in [5.74, 6) is 0.179. The molecule has 5 nitrogen and oxygen atoms in total. The van der Waals surface area contributed by atoms with E-state index in [1.54, 1.807) is 0 Å². The van der Waals surface area contributed by atoms with Crippen molar-refractivity contribution < 1.29 is 4.79 Å². The Bertz CT molecular complexity index is 752. The lowest BCUT2D eigenvalue weighted by atomic mass is 9.96. The highest BCUT2D eigenvalue weighted by molar-refractivity contribution is 5.97. The Morgan fingerprint density at radius 3 is 2.50 bits per heavy atom. The first kappa shape index (κ1) is 24.5. The van der Waals surface area contributed by atoms with Gasteiger partial charge in [0.2, 0.25) is 0 Å². The number of aromatic nitrogens is 1. The van der Waals surface area contributed by atoms with Crippen molar-refractivity contribution in [3.63, 3.8) is 0 Å². The molecular weight excluding hydrogens is 419 g/mol. The van der Waals surface area contributed by atoms with E-state index in [2.05, 4.69) is 27.3 Å². The summed E-state index contributed by atoms with van der Waals surface area (Å²) in [5, 5.41) is 3.41. The summed E-state index contributed by atoms with van der Waals surface area (Å²) in [5.41, 5.74) is 4.29. The predicted molar refractivity (Wildman–Crippen MR) is 120 cm³/mol. The number of benzene rings is 1. The number of rotatable bonds is 3. The van der Waals surface area contributed by atoms with Crippen molar-refractivity contribution in [1.29, 1.82) is 0 Å². The fourth-order valence-electron chi connectivity index (χ4n) is 3.71. The summed E-state index contributed by atoms with van der Waals surface area (Å²) in [6.45, 7) is 5.21. The Morgan fingerprint density at radius 2 is 1.79 bits per heavy atom. The van der Waals surface area contributed by atoms with E-state index in [0.717, 1.165) is 69.1 Å². The molecule has 2 aliphatic rings. The predicted octanol–water partition coefficient (Wildman–Crippen LogP) is 3.66. The minimum atomic E-state index is 0. The van der Waals surface area contributed by atoms with Gasteiger partial charge in [0.1, 0.15) is 0 Å². The number of amides is 1. The third kappa shape index (κ3) is 5.51. The van der Waals surface area contributed by atoms with E-state index in [1.807, 2.05) is 35.4 Å². The third-order valence-electron chi connectivity index (χ3n) is 5.10. The summed E-state index contributed by atoms with van der Waals surface area (Å²) in [6.07, 6.45) is 3.92. The summed E-state index contributed by atoms with van der Waals surface area (Å²) in [4.78, 5) is 21.8. The lowest BCUT2D eigenvalue weighted by molar-refractivity contribution is 0.0626. The van der Waals surface area contributed by atoms with Crippen LogP contribution in [0.3, 0.4) is 0 Å². The molecule has 1 saturated heterocycles. The van der Waals surface area contributed by atoms with Crippen LogP contribution in [-0.4, -0.2) is 53.4 Å². The lowest BCUT2D eigenvalue weighted by Gasteiger charge is -2.35. The molecule has 1 fully saturated rings. The van der Waals surface area contributed by atoms with E-state index in [4.69, 9.17) is 0 Å². The highest BCUT2D eigenvalue weighted by Crippen LogP contribution is 2.26. The molecule has 1 N–H and O–H groups in total. The van der Waals surface area contributed by atoms with Gasteiger partial charge >= 0.3 is 0 Å². The zero-order valence-corrected chi connectivity index (χ0v) is 18.1. The average molecular weight is 446 g/mol. The number of hydrogen-bond donors (Lipinski definition) is 1. The van der Waals surface area contributed by atoms with Gasteiger partial charge in [0.15, 0.2) is 0 Å². The molecule has 1 amide bonds. The van der Waals surface area contributed by atoms with Crippen molar-refractivity contribution in [2.45, 2.75) is 19.4 Å². The number of hydrogen-bond acceptors (Lipinski definition) is 4. The topological polar surface area (TPSA) is 48.5 Å². The lowest BCUT2D eigenvalue weighted by Crippen LogP contribution is -2.48. The number of fused-ring (bicyclic) bond motifs is 1. The van der Waals surface area contributed by atoms with Gasteiger partial charge in [0, 0.05) is 56.7 Å². The van der Waals surface area contributed by atoms with E-state index in [9.17, 15) is 4.79 Å². The second-order valence-corrected chi connectivity index (χ2v) is 6.75. The molecule has 2 aliphatic heterocycles. The normalized spacial score (nSPS) is 15.8. The monoisotopic (exact) mass is 444 g/mol. The highest BCUT2D eigenvalue weighted by atomic mass is 35.5. The van der Waals surface area contributed by atoms with Gasteiger partial charge in [-0.1, -0.05) is 12.1 Å². The summed E-state index contributed by atoms with van der Waals surface area (Å²) >= 11 is 0. The molecule has 8 heteroatoms. The number of anilines is 1. The van der Waals surface area contributed by atoms with Crippen LogP contribution in [0.1, 0.15) is 28.0 Å². The number of carbonyl (C=O) groups excluding carboxylic acids is 1. The van der Waals surface area contributed by atoms with Crippen LogP contribution in [0, 0.1) is 0 Å². The van der Waals surface area contributed by atoms with Gasteiger partial charge in [0.05, 0.1) is 5.69 Å². The van der Waals surface area contributed by atoms with E-state index < -0.39 is 0 Å². The van der Waals surface area contributed by atoms with Crippen molar-refractivity contribution in [2.24, 2.45) is 0 Å². The minimum absolute atomic E-state index is 0. The van der Waals surface area contributed by atoms with Gasteiger partial charge in [-0.2, -0.15) is 0 Å². The molecular formula is C20H27Cl3N4O. The van der Waals surface area contributed by atoms with Crippen LogP contribution in [0.2, 0.25) is 0 Å². The first-order valence-corrected chi connectivity index (χ1v) is 9.08. The second kappa shape index (κ2) is 11.5. The van der Waals surface area contributed by atoms with Crippen LogP contribution in [0.4, 0.5) is 5.69 Å². The largest absolute Gasteiger partial charge is 0.385 e. The Balaban J connectivity index is 0.00000131. The first-order chi connectivity index (χ1) is 12.3. The molecule has 1 aromatic heterocycles. The fraction of sp³-hybridized carbons (Fsp3) is 0.400.